The van der Waals surface area contributed by atoms with Crippen LogP contribution in [0, 0.1) is 12.7 Å². The number of nitrogens with zero attached hydrogens (tertiary/aromatic N) is 2. The normalized spacial score (nSPS) is 11.6. The van der Waals surface area contributed by atoms with Gasteiger partial charge in [0.1, 0.15) is 17.2 Å². The molecule has 1 aromatic heterocycles. The lowest BCUT2D eigenvalue weighted by atomic mass is 10.0. The second kappa shape index (κ2) is 7.54. The van der Waals surface area contributed by atoms with E-state index in [-0.39, 0.29) is 23.1 Å². The Bertz CT molecular complexity index is 864. The third kappa shape index (κ3) is 4.20. The average Bonchev–Trinajstić information content (AvgIpc) is 2.60. The number of pyridine rings is 1. The van der Waals surface area contributed by atoms with E-state index in [0.29, 0.717) is 5.56 Å². The van der Waals surface area contributed by atoms with E-state index in [1.165, 1.54) is 24.1 Å². The molecule has 2 aromatic rings. The Morgan fingerprint density at radius 2 is 1.85 bits per heavy atom. The summed E-state index contributed by atoms with van der Waals surface area (Å²) >= 11 is 0. The fourth-order valence-corrected chi connectivity index (χ4v) is 2.46. The van der Waals surface area contributed by atoms with Crippen LogP contribution in [0.25, 0.3) is 11.3 Å². The van der Waals surface area contributed by atoms with Crippen molar-refractivity contribution in [3.05, 3.63) is 46.8 Å². The number of rotatable bonds is 4. The highest BCUT2D eigenvalue weighted by molar-refractivity contribution is 5.97. The molecule has 2 rings (SSSR count). The molecule has 0 bridgehead atoms. The molecule has 8 heteroatoms. The molecule has 4 nitrogen and oxygen atoms in total. The molecule has 0 fully saturated rings. The number of aromatic nitrogens is 1. The maximum absolute atomic E-state index is 13.9. The number of hydrogen-bond donors (Lipinski definition) is 0. The second-order valence-corrected chi connectivity index (χ2v) is 6.41. The van der Waals surface area contributed by atoms with Gasteiger partial charge in [-0.3, -0.25) is 0 Å². The highest BCUT2D eigenvalue weighted by atomic mass is 19.4. The van der Waals surface area contributed by atoms with E-state index in [9.17, 15) is 22.4 Å². The second-order valence-electron chi connectivity index (χ2n) is 6.41. The molecule has 1 aromatic carbocycles. The van der Waals surface area contributed by atoms with E-state index in [2.05, 4.69) is 9.72 Å². The first-order valence-corrected chi connectivity index (χ1v) is 8.17. The molecule has 0 spiro atoms. The number of carbonyl (C=O) groups excluding carboxylic acids is 1. The summed E-state index contributed by atoms with van der Waals surface area (Å²) in [6, 6.07) is 4.56. The molecule has 0 aliphatic rings. The maximum atomic E-state index is 13.9. The zero-order chi connectivity index (χ0) is 20.5. The van der Waals surface area contributed by atoms with Crippen molar-refractivity contribution >= 4 is 11.8 Å². The monoisotopic (exact) mass is 384 g/mol. The van der Waals surface area contributed by atoms with E-state index < -0.39 is 29.1 Å². The van der Waals surface area contributed by atoms with Crippen LogP contribution in [0.1, 0.15) is 35.3 Å². The van der Waals surface area contributed by atoms with Gasteiger partial charge >= 0.3 is 12.1 Å². The van der Waals surface area contributed by atoms with Gasteiger partial charge in [0.15, 0.2) is 0 Å². The zero-order valence-electron chi connectivity index (χ0n) is 15.6. The third-order valence-corrected chi connectivity index (χ3v) is 4.27. The van der Waals surface area contributed by atoms with Gasteiger partial charge in [0.05, 0.1) is 18.4 Å². The van der Waals surface area contributed by atoms with Crippen molar-refractivity contribution in [2.24, 2.45) is 0 Å². The standard InChI is InChI=1S/C19H20F4N2O2/c1-10(2)25(4)17-16(18(26)27-5)13(19(21,22)23)9-15(24-17)12-7-6-11(3)14(20)8-12/h6-10H,1-5H3. The summed E-state index contributed by atoms with van der Waals surface area (Å²) < 4.78 is 59.6. The van der Waals surface area contributed by atoms with Crippen LogP contribution < -0.4 is 4.90 Å². The van der Waals surface area contributed by atoms with Crippen molar-refractivity contribution in [2.45, 2.75) is 33.0 Å². The molecule has 0 saturated heterocycles. The molecule has 0 atom stereocenters. The van der Waals surface area contributed by atoms with Crippen molar-refractivity contribution in [1.29, 1.82) is 0 Å². The molecule has 0 amide bonds. The quantitative estimate of drug-likeness (QED) is 0.559. The topological polar surface area (TPSA) is 42.4 Å². The summed E-state index contributed by atoms with van der Waals surface area (Å²) in [4.78, 5) is 17.8. The molecule has 0 unspecified atom stereocenters. The number of alkyl halides is 3. The summed E-state index contributed by atoms with van der Waals surface area (Å²) in [5.41, 5.74) is -1.39. The van der Waals surface area contributed by atoms with E-state index in [1.807, 2.05) is 0 Å². The van der Waals surface area contributed by atoms with Crippen LogP contribution in [-0.2, 0) is 10.9 Å². The Balaban J connectivity index is 2.86. The predicted molar refractivity (Wildman–Crippen MR) is 94.2 cm³/mol. The number of ether oxygens (including phenoxy) is 1. The summed E-state index contributed by atoms with van der Waals surface area (Å²) in [7, 11) is 2.53. The van der Waals surface area contributed by atoms with Gasteiger partial charge in [-0.05, 0) is 38.5 Å². The van der Waals surface area contributed by atoms with Gasteiger partial charge in [0, 0.05) is 18.7 Å². The van der Waals surface area contributed by atoms with Gasteiger partial charge < -0.3 is 9.64 Å². The highest BCUT2D eigenvalue weighted by Gasteiger charge is 2.39. The van der Waals surface area contributed by atoms with Gasteiger partial charge in [-0.2, -0.15) is 13.2 Å². The van der Waals surface area contributed by atoms with Crippen LogP contribution >= 0.6 is 0 Å². The van der Waals surface area contributed by atoms with Crippen molar-refractivity contribution in [1.82, 2.24) is 4.98 Å². The first-order valence-electron chi connectivity index (χ1n) is 8.17. The van der Waals surface area contributed by atoms with Gasteiger partial charge in [-0.15, -0.1) is 0 Å². The third-order valence-electron chi connectivity index (χ3n) is 4.27. The van der Waals surface area contributed by atoms with E-state index in [4.69, 9.17) is 0 Å². The number of methoxy groups -OCH3 is 1. The first kappa shape index (κ1) is 20.7. The molecule has 0 radical (unpaired) electrons. The SMILES string of the molecule is COC(=O)c1c(C(F)(F)F)cc(-c2ccc(C)c(F)c2)nc1N(C)C(C)C. The lowest BCUT2D eigenvalue weighted by Crippen LogP contribution is -2.30. The maximum Gasteiger partial charge on any atom is 0.417 e. The number of benzene rings is 1. The molecule has 0 aliphatic carbocycles. The van der Waals surface area contributed by atoms with Crippen molar-refractivity contribution < 1.29 is 27.1 Å². The first-order chi connectivity index (χ1) is 12.5. The minimum absolute atomic E-state index is 0.0867. The van der Waals surface area contributed by atoms with Crippen LogP contribution in [0.4, 0.5) is 23.4 Å². The van der Waals surface area contributed by atoms with Crippen molar-refractivity contribution in [2.75, 3.05) is 19.1 Å². The van der Waals surface area contributed by atoms with E-state index in [1.54, 1.807) is 20.8 Å². The minimum Gasteiger partial charge on any atom is -0.465 e. The summed E-state index contributed by atoms with van der Waals surface area (Å²) in [6.07, 6.45) is -4.82. The molecule has 1 heterocycles. The molecule has 0 saturated carbocycles. The summed E-state index contributed by atoms with van der Waals surface area (Å²) in [5, 5.41) is 0. The number of carbonyl (C=O) groups is 1. The van der Waals surface area contributed by atoms with Crippen LogP contribution in [0.15, 0.2) is 24.3 Å². The van der Waals surface area contributed by atoms with Crippen LogP contribution in [-0.4, -0.2) is 31.2 Å². The average molecular weight is 384 g/mol. The number of anilines is 1. The van der Waals surface area contributed by atoms with Crippen LogP contribution in [0.5, 0.6) is 0 Å². The van der Waals surface area contributed by atoms with E-state index >= 15 is 0 Å². The van der Waals surface area contributed by atoms with Crippen LogP contribution in [0.2, 0.25) is 0 Å². The fourth-order valence-electron chi connectivity index (χ4n) is 2.46. The molecular formula is C19H20F4N2O2. The Kier molecular flexibility index (Phi) is 5.77. The number of halogens is 4. The highest BCUT2D eigenvalue weighted by Crippen LogP contribution is 2.39. The smallest absolute Gasteiger partial charge is 0.417 e. The number of aryl methyl sites for hydroxylation is 1. The van der Waals surface area contributed by atoms with Crippen molar-refractivity contribution in [3.63, 3.8) is 0 Å². The minimum atomic E-state index is -4.82. The Morgan fingerprint density at radius 3 is 2.33 bits per heavy atom. The lowest BCUT2D eigenvalue weighted by Gasteiger charge is -2.27. The van der Waals surface area contributed by atoms with E-state index in [0.717, 1.165) is 19.2 Å². The van der Waals surface area contributed by atoms with Gasteiger partial charge in [0.2, 0.25) is 0 Å². The van der Waals surface area contributed by atoms with Crippen LogP contribution in [0.3, 0.4) is 0 Å². The van der Waals surface area contributed by atoms with Crippen molar-refractivity contribution in [3.8, 4) is 11.3 Å². The predicted octanol–water partition coefficient (Wildman–Crippen LogP) is 4.85. The number of hydrogen-bond acceptors (Lipinski definition) is 4. The van der Waals surface area contributed by atoms with Gasteiger partial charge in [-0.25, -0.2) is 14.2 Å². The molecule has 146 valence electrons. The molecular weight excluding hydrogens is 364 g/mol. The van der Waals surface area contributed by atoms with Gasteiger partial charge in [-0.1, -0.05) is 12.1 Å². The number of esters is 1. The summed E-state index contributed by atoms with van der Waals surface area (Å²) in [6.45, 7) is 5.04. The molecule has 0 aliphatic heterocycles. The molecule has 27 heavy (non-hydrogen) atoms. The van der Waals surface area contributed by atoms with Gasteiger partial charge in [0.25, 0.3) is 0 Å². The Labute approximate surface area is 154 Å². The zero-order valence-corrected chi connectivity index (χ0v) is 15.6. The Morgan fingerprint density at radius 1 is 1.22 bits per heavy atom. The largest absolute Gasteiger partial charge is 0.465 e. The lowest BCUT2D eigenvalue weighted by molar-refractivity contribution is -0.138. The Hall–Kier alpha value is -2.64. The summed E-state index contributed by atoms with van der Waals surface area (Å²) in [5.74, 6) is -1.87. The fraction of sp³-hybridized carbons (Fsp3) is 0.368. The molecule has 0 N–H and O–H groups in total.